The fraction of sp³-hybridized carbons (Fsp3) is 0.417. The molecule has 0 spiro atoms. The molecule has 1 aromatic carbocycles. The number of hydrogen-bond donors (Lipinski definition) is 2. The van der Waals surface area contributed by atoms with Crippen LogP contribution in [0.1, 0.15) is 12.0 Å². The van der Waals surface area contributed by atoms with Crippen LogP contribution in [0.2, 0.25) is 0 Å². The van der Waals surface area contributed by atoms with E-state index in [1.54, 1.807) is 12.1 Å². The van der Waals surface area contributed by atoms with Crippen LogP contribution in [-0.2, 0) is 20.4 Å². The second kappa shape index (κ2) is 7.13. The molecule has 18 heavy (non-hydrogen) atoms. The number of nitrogens with two attached hydrogens (primary N) is 1. The van der Waals surface area contributed by atoms with E-state index < -0.39 is 9.84 Å². The molecule has 0 unspecified atom stereocenters. The first-order valence-corrected chi connectivity index (χ1v) is 7.57. The standard InChI is InChI=1S/C12H18N2O3S/c13-9-12(15)14-7-4-8-18(16,17)10-11-5-2-1-3-6-11/h1-3,5-6H,4,7-10,13H2,(H,14,15). The molecule has 0 aliphatic rings. The number of rotatable bonds is 7. The summed E-state index contributed by atoms with van der Waals surface area (Å²) in [6, 6.07) is 9.04. The molecular formula is C12H18N2O3S. The summed E-state index contributed by atoms with van der Waals surface area (Å²) in [5, 5.41) is 2.54. The van der Waals surface area contributed by atoms with E-state index >= 15 is 0 Å². The Labute approximate surface area is 107 Å². The fourth-order valence-corrected chi connectivity index (χ4v) is 2.92. The SMILES string of the molecule is NCC(=O)NCCCS(=O)(=O)Cc1ccccc1. The lowest BCUT2D eigenvalue weighted by atomic mass is 10.2. The van der Waals surface area contributed by atoms with Gasteiger partial charge in [0.2, 0.25) is 5.91 Å². The quantitative estimate of drug-likeness (QED) is 0.686. The Balaban J connectivity index is 2.35. The van der Waals surface area contributed by atoms with Crippen LogP contribution < -0.4 is 11.1 Å². The van der Waals surface area contributed by atoms with Crippen molar-refractivity contribution in [3.8, 4) is 0 Å². The van der Waals surface area contributed by atoms with E-state index in [2.05, 4.69) is 5.32 Å². The third-order valence-corrected chi connectivity index (χ3v) is 4.05. The van der Waals surface area contributed by atoms with Gasteiger partial charge in [0.05, 0.1) is 18.1 Å². The molecule has 0 aromatic heterocycles. The molecule has 3 N–H and O–H groups in total. The van der Waals surface area contributed by atoms with E-state index in [1.165, 1.54) is 0 Å². The van der Waals surface area contributed by atoms with Crippen molar-refractivity contribution in [1.82, 2.24) is 5.32 Å². The summed E-state index contributed by atoms with van der Waals surface area (Å²) in [6.07, 6.45) is 0.404. The van der Waals surface area contributed by atoms with Gasteiger partial charge in [-0.1, -0.05) is 30.3 Å². The summed E-state index contributed by atoms with van der Waals surface area (Å²) in [5.41, 5.74) is 5.89. The molecule has 0 aliphatic heterocycles. The normalized spacial score (nSPS) is 11.2. The summed E-state index contributed by atoms with van der Waals surface area (Å²) < 4.78 is 23.6. The molecule has 0 saturated heterocycles. The van der Waals surface area contributed by atoms with Gasteiger partial charge in [0, 0.05) is 6.54 Å². The van der Waals surface area contributed by atoms with Crippen molar-refractivity contribution in [2.45, 2.75) is 12.2 Å². The fourth-order valence-electron chi connectivity index (χ4n) is 1.49. The van der Waals surface area contributed by atoms with Gasteiger partial charge in [0.15, 0.2) is 9.84 Å². The number of nitrogens with one attached hydrogen (secondary N) is 1. The summed E-state index contributed by atoms with van der Waals surface area (Å²) in [7, 11) is -3.12. The zero-order chi connectivity index (χ0) is 13.4. The minimum Gasteiger partial charge on any atom is -0.355 e. The molecule has 0 atom stereocenters. The van der Waals surface area contributed by atoms with Crippen LogP contribution >= 0.6 is 0 Å². The Morgan fingerprint density at radius 3 is 2.50 bits per heavy atom. The Bertz CT molecular complexity index is 471. The summed E-state index contributed by atoms with van der Waals surface area (Å²) in [4.78, 5) is 10.8. The average Bonchev–Trinajstić information content (AvgIpc) is 2.35. The second-order valence-electron chi connectivity index (χ2n) is 3.99. The van der Waals surface area contributed by atoms with Gasteiger partial charge in [-0.05, 0) is 12.0 Å². The highest BCUT2D eigenvalue weighted by atomic mass is 32.2. The summed E-state index contributed by atoms with van der Waals surface area (Å²) in [6.45, 7) is 0.265. The third kappa shape index (κ3) is 5.79. The van der Waals surface area contributed by atoms with E-state index in [-0.39, 0.29) is 24.0 Å². The number of hydrogen-bond acceptors (Lipinski definition) is 4. The first kappa shape index (κ1) is 14.7. The Morgan fingerprint density at radius 2 is 1.89 bits per heavy atom. The Hall–Kier alpha value is -1.40. The van der Waals surface area contributed by atoms with Crippen molar-refractivity contribution in [3.63, 3.8) is 0 Å². The van der Waals surface area contributed by atoms with E-state index in [0.717, 1.165) is 5.56 Å². The molecule has 1 rings (SSSR count). The smallest absolute Gasteiger partial charge is 0.233 e. The highest BCUT2D eigenvalue weighted by Crippen LogP contribution is 2.06. The number of benzene rings is 1. The molecular weight excluding hydrogens is 252 g/mol. The molecule has 0 heterocycles. The van der Waals surface area contributed by atoms with Gasteiger partial charge in [-0.2, -0.15) is 0 Å². The predicted molar refractivity (Wildman–Crippen MR) is 70.6 cm³/mol. The predicted octanol–water partition coefficient (Wildman–Crippen LogP) is 0.0664. The van der Waals surface area contributed by atoms with Gasteiger partial charge in [-0.25, -0.2) is 8.42 Å². The molecule has 0 aliphatic carbocycles. The van der Waals surface area contributed by atoms with Gasteiger partial charge >= 0.3 is 0 Å². The van der Waals surface area contributed by atoms with E-state index in [4.69, 9.17) is 5.73 Å². The molecule has 0 radical (unpaired) electrons. The first-order valence-electron chi connectivity index (χ1n) is 5.74. The molecule has 0 bridgehead atoms. The topological polar surface area (TPSA) is 89.3 Å². The van der Waals surface area contributed by atoms with E-state index in [1.807, 2.05) is 18.2 Å². The Kier molecular flexibility index (Phi) is 5.80. The lowest BCUT2D eigenvalue weighted by Gasteiger charge is -2.05. The monoisotopic (exact) mass is 270 g/mol. The number of amides is 1. The summed E-state index contributed by atoms with van der Waals surface area (Å²) in [5.74, 6) is -0.165. The Morgan fingerprint density at radius 1 is 1.22 bits per heavy atom. The minimum absolute atomic E-state index is 0.0404. The van der Waals surface area contributed by atoms with Crippen molar-refractivity contribution >= 4 is 15.7 Å². The van der Waals surface area contributed by atoms with Crippen LogP contribution in [0.4, 0.5) is 0 Å². The van der Waals surface area contributed by atoms with Gasteiger partial charge < -0.3 is 11.1 Å². The maximum atomic E-state index is 11.8. The largest absolute Gasteiger partial charge is 0.355 e. The molecule has 1 amide bonds. The van der Waals surface area contributed by atoms with E-state index in [9.17, 15) is 13.2 Å². The lowest BCUT2D eigenvalue weighted by molar-refractivity contribution is -0.119. The number of sulfone groups is 1. The maximum absolute atomic E-state index is 11.8. The molecule has 0 fully saturated rings. The minimum atomic E-state index is -3.12. The number of carbonyl (C=O) groups is 1. The van der Waals surface area contributed by atoms with Crippen LogP contribution in [0.3, 0.4) is 0 Å². The zero-order valence-corrected chi connectivity index (χ0v) is 10.9. The van der Waals surface area contributed by atoms with Gasteiger partial charge in [0.1, 0.15) is 0 Å². The highest BCUT2D eigenvalue weighted by Gasteiger charge is 2.11. The second-order valence-corrected chi connectivity index (χ2v) is 6.17. The van der Waals surface area contributed by atoms with E-state index in [0.29, 0.717) is 13.0 Å². The number of carbonyl (C=O) groups excluding carboxylic acids is 1. The van der Waals surface area contributed by atoms with Crippen molar-refractivity contribution < 1.29 is 13.2 Å². The molecule has 5 nitrogen and oxygen atoms in total. The van der Waals surface area contributed by atoms with Crippen molar-refractivity contribution in [1.29, 1.82) is 0 Å². The molecule has 100 valence electrons. The van der Waals surface area contributed by atoms with Crippen LogP contribution in [0, 0.1) is 0 Å². The maximum Gasteiger partial charge on any atom is 0.233 e. The van der Waals surface area contributed by atoms with Gasteiger partial charge in [-0.15, -0.1) is 0 Å². The molecule has 0 saturated carbocycles. The first-order chi connectivity index (χ1) is 8.53. The van der Waals surface area contributed by atoms with Gasteiger partial charge in [0.25, 0.3) is 0 Å². The van der Waals surface area contributed by atoms with Crippen LogP contribution in [0.5, 0.6) is 0 Å². The zero-order valence-electron chi connectivity index (χ0n) is 10.1. The highest BCUT2D eigenvalue weighted by molar-refractivity contribution is 7.90. The van der Waals surface area contributed by atoms with Crippen LogP contribution in [0.15, 0.2) is 30.3 Å². The van der Waals surface area contributed by atoms with Crippen molar-refractivity contribution in [3.05, 3.63) is 35.9 Å². The third-order valence-electron chi connectivity index (χ3n) is 2.37. The molecule has 6 heteroatoms. The van der Waals surface area contributed by atoms with Crippen molar-refractivity contribution in [2.75, 3.05) is 18.8 Å². The molecule has 1 aromatic rings. The van der Waals surface area contributed by atoms with Crippen LogP contribution in [0.25, 0.3) is 0 Å². The van der Waals surface area contributed by atoms with Gasteiger partial charge in [-0.3, -0.25) is 4.79 Å². The summed E-state index contributed by atoms with van der Waals surface area (Å²) >= 11 is 0. The average molecular weight is 270 g/mol. The lowest BCUT2D eigenvalue weighted by Crippen LogP contribution is -2.31. The van der Waals surface area contributed by atoms with Crippen LogP contribution in [-0.4, -0.2) is 33.2 Å². The van der Waals surface area contributed by atoms with Crippen molar-refractivity contribution in [2.24, 2.45) is 5.73 Å².